The molecule has 86 valence electrons. The topological polar surface area (TPSA) is 74.8 Å². The monoisotopic (exact) mass is 228 g/mol. The van der Waals surface area contributed by atoms with E-state index in [1.54, 1.807) is 0 Å². The van der Waals surface area contributed by atoms with E-state index in [1.165, 1.54) is 5.56 Å². The number of aryl methyl sites for hydroxylation is 2. The molecule has 0 fully saturated rings. The fourth-order valence-corrected chi connectivity index (χ4v) is 1.49. The summed E-state index contributed by atoms with van der Waals surface area (Å²) in [5.74, 6) is 1.25. The van der Waals surface area contributed by atoms with Crippen molar-refractivity contribution in [3.63, 3.8) is 0 Å². The summed E-state index contributed by atoms with van der Waals surface area (Å²) < 4.78 is 5.54. The Morgan fingerprint density at radius 2 is 2.00 bits per heavy atom. The molecule has 2 aromatic rings. The van der Waals surface area contributed by atoms with E-state index in [0.29, 0.717) is 17.3 Å². The molecule has 0 atom stereocenters. The van der Waals surface area contributed by atoms with E-state index in [-0.39, 0.29) is 6.54 Å². The van der Waals surface area contributed by atoms with Gasteiger partial charge in [-0.3, -0.25) is 0 Å². The molecule has 0 radical (unpaired) electrons. The standard InChI is InChI=1S/C12H12N4O/c1-8-3-5-10(6-4-8)12-15-11(7-14-16-13)9(2)17-12/h3-6H,7H2,1-2H3. The van der Waals surface area contributed by atoms with E-state index in [0.717, 1.165) is 5.56 Å². The smallest absolute Gasteiger partial charge is 0.226 e. The maximum absolute atomic E-state index is 8.27. The van der Waals surface area contributed by atoms with Gasteiger partial charge >= 0.3 is 0 Å². The maximum atomic E-state index is 8.27. The first-order chi connectivity index (χ1) is 8.20. The molecule has 5 heteroatoms. The first kappa shape index (κ1) is 11.2. The highest BCUT2D eigenvalue weighted by Crippen LogP contribution is 2.22. The second-order valence-electron chi connectivity index (χ2n) is 3.78. The van der Waals surface area contributed by atoms with Crippen LogP contribution in [0.5, 0.6) is 0 Å². The van der Waals surface area contributed by atoms with Gasteiger partial charge in [-0.2, -0.15) is 0 Å². The Balaban J connectivity index is 2.33. The van der Waals surface area contributed by atoms with Crippen molar-refractivity contribution in [2.24, 2.45) is 5.11 Å². The normalized spacial score (nSPS) is 10.0. The van der Waals surface area contributed by atoms with E-state index in [4.69, 9.17) is 9.95 Å². The van der Waals surface area contributed by atoms with Crippen LogP contribution >= 0.6 is 0 Å². The third-order valence-corrected chi connectivity index (χ3v) is 2.47. The Morgan fingerprint density at radius 1 is 1.29 bits per heavy atom. The summed E-state index contributed by atoms with van der Waals surface area (Å²) in [7, 11) is 0. The van der Waals surface area contributed by atoms with Crippen LogP contribution in [0.2, 0.25) is 0 Å². The van der Waals surface area contributed by atoms with Gasteiger partial charge in [0.05, 0.1) is 12.2 Å². The zero-order valence-corrected chi connectivity index (χ0v) is 9.71. The van der Waals surface area contributed by atoms with Crippen molar-refractivity contribution in [2.75, 3.05) is 0 Å². The van der Waals surface area contributed by atoms with Gasteiger partial charge in [0.1, 0.15) is 5.76 Å². The van der Waals surface area contributed by atoms with E-state index in [9.17, 15) is 0 Å². The summed E-state index contributed by atoms with van der Waals surface area (Å²) in [6, 6.07) is 7.92. The molecule has 17 heavy (non-hydrogen) atoms. The number of hydrogen-bond acceptors (Lipinski definition) is 3. The molecule has 0 saturated heterocycles. The molecule has 1 aromatic heterocycles. The van der Waals surface area contributed by atoms with Gasteiger partial charge in [0, 0.05) is 10.5 Å². The van der Waals surface area contributed by atoms with Crippen molar-refractivity contribution >= 4 is 0 Å². The van der Waals surface area contributed by atoms with Crippen molar-refractivity contribution in [1.29, 1.82) is 0 Å². The molecular formula is C12H12N4O. The van der Waals surface area contributed by atoms with Gasteiger partial charge in [0.15, 0.2) is 0 Å². The van der Waals surface area contributed by atoms with Crippen LogP contribution in [0.3, 0.4) is 0 Å². The molecule has 0 amide bonds. The molecule has 0 spiro atoms. The van der Waals surface area contributed by atoms with Gasteiger partial charge in [-0.25, -0.2) is 4.98 Å². The van der Waals surface area contributed by atoms with Crippen molar-refractivity contribution in [1.82, 2.24) is 4.98 Å². The average molecular weight is 228 g/mol. The van der Waals surface area contributed by atoms with Gasteiger partial charge in [-0.1, -0.05) is 22.8 Å². The summed E-state index contributed by atoms with van der Waals surface area (Å²) in [6.07, 6.45) is 0. The number of oxazole rings is 1. The molecule has 5 nitrogen and oxygen atoms in total. The summed E-state index contributed by atoms with van der Waals surface area (Å²) in [4.78, 5) is 7.02. The summed E-state index contributed by atoms with van der Waals surface area (Å²) in [6.45, 7) is 4.06. The van der Waals surface area contributed by atoms with Crippen molar-refractivity contribution in [3.8, 4) is 11.5 Å². The van der Waals surface area contributed by atoms with Crippen LogP contribution in [0.4, 0.5) is 0 Å². The third-order valence-electron chi connectivity index (χ3n) is 2.47. The van der Waals surface area contributed by atoms with Crippen molar-refractivity contribution in [2.45, 2.75) is 20.4 Å². The highest BCUT2D eigenvalue weighted by molar-refractivity contribution is 5.54. The fourth-order valence-electron chi connectivity index (χ4n) is 1.49. The van der Waals surface area contributed by atoms with E-state index >= 15 is 0 Å². The van der Waals surface area contributed by atoms with Gasteiger partial charge in [0.25, 0.3) is 0 Å². The molecule has 1 heterocycles. The number of rotatable bonds is 3. The van der Waals surface area contributed by atoms with Crippen LogP contribution < -0.4 is 0 Å². The summed E-state index contributed by atoms with van der Waals surface area (Å²) in [5.41, 5.74) is 11.1. The minimum Gasteiger partial charge on any atom is -0.441 e. The number of hydrogen-bond donors (Lipinski definition) is 0. The number of azide groups is 1. The quantitative estimate of drug-likeness (QED) is 0.455. The Labute approximate surface area is 98.7 Å². The summed E-state index contributed by atoms with van der Waals surface area (Å²) in [5, 5.41) is 3.48. The van der Waals surface area contributed by atoms with E-state index < -0.39 is 0 Å². The molecular weight excluding hydrogens is 216 g/mol. The zero-order valence-electron chi connectivity index (χ0n) is 9.71. The highest BCUT2D eigenvalue weighted by atomic mass is 16.4. The molecule has 1 aromatic carbocycles. The molecule has 0 saturated carbocycles. The molecule has 0 aliphatic rings. The van der Waals surface area contributed by atoms with Crippen LogP contribution in [0, 0.1) is 13.8 Å². The first-order valence-corrected chi connectivity index (χ1v) is 5.25. The molecule has 2 rings (SSSR count). The third kappa shape index (κ3) is 2.46. The van der Waals surface area contributed by atoms with Gasteiger partial charge < -0.3 is 4.42 Å². The van der Waals surface area contributed by atoms with E-state index in [2.05, 4.69) is 15.0 Å². The minimum absolute atomic E-state index is 0.220. The van der Waals surface area contributed by atoms with Crippen LogP contribution in [0.25, 0.3) is 21.9 Å². The van der Waals surface area contributed by atoms with Gasteiger partial charge in [0.2, 0.25) is 5.89 Å². The van der Waals surface area contributed by atoms with Gasteiger partial charge in [-0.05, 0) is 31.5 Å². The summed E-state index contributed by atoms with van der Waals surface area (Å²) >= 11 is 0. The lowest BCUT2D eigenvalue weighted by molar-refractivity contribution is 0.539. The Kier molecular flexibility index (Phi) is 3.12. The Hall–Kier alpha value is -2.26. The Bertz CT molecular complexity index is 565. The molecule has 0 aliphatic carbocycles. The number of benzene rings is 1. The lowest BCUT2D eigenvalue weighted by Gasteiger charge is -1.95. The zero-order chi connectivity index (χ0) is 12.3. The van der Waals surface area contributed by atoms with Crippen molar-refractivity contribution < 1.29 is 4.42 Å². The number of nitrogens with zero attached hydrogens (tertiary/aromatic N) is 4. The maximum Gasteiger partial charge on any atom is 0.226 e. The Morgan fingerprint density at radius 3 is 2.65 bits per heavy atom. The van der Waals surface area contributed by atoms with Crippen LogP contribution in [0.15, 0.2) is 33.8 Å². The first-order valence-electron chi connectivity index (χ1n) is 5.25. The average Bonchev–Trinajstić information content (AvgIpc) is 2.69. The van der Waals surface area contributed by atoms with Crippen LogP contribution in [-0.4, -0.2) is 4.98 Å². The SMILES string of the molecule is Cc1ccc(-c2nc(CN=[N+]=[N-])c(C)o2)cc1. The largest absolute Gasteiger partial charge is 0.441 e. The predicted octanol–water partition coefficient (Wildman–Crippen LogP) is 3.77. The van der Waals surface area contributed by atoms with Crippen LogP contribution in [-0.2, 0) is 6.54 Å². The second kappa shape index (κ2) is 4.72. The molecule has 0 bridgehead atoms. The minimum atomic E-state index is 0.220. The van der Waals surface area contributed by atoms with E-state index in [1.807, 2.05) is 38.1 Å². The predicted molar refractivity (Wildman–Crippen MR) is 64.3 cm³/mol. The molecule has 0 unspecified atom stereocenters. The number of aromatic nitrogens is 1. The van der Waals surface area contributed by atoms with Gasteiger partial charge in [-0.15, -0.1) is 0 Å². The van der Waals surface area contributed by atoms with Crippen molar-refractivity contribution in [3.05, 3.63) is 51.7 Å². The lowest BCUT2D eigenvalue weighted by atomic mass is 10.1. The van der Waals surface area contributed by atoms with Crippen LogP contribution in [0.1, 0.15) is 17.0 Å². The highest BCUT2D eigenvalue weighted by Gasteiger charge is 2.10. The lowest BCUT2D eigenvalue weighted by Crippen LogP contribution is -1.83. The second-order valence-corrected chi connectivity index (χ2v) is 3.78. The molecule has 0 aliphatic heterocycles. The fraction of sp³-hybridized carbons (Fsp3) is 0.250. The molecule has 0 N–H and O–H groups in total.